The van der Waals surface area contributed by atoms with Crippen LogP contribution in [0.3, 0.4) is 0 Å². The van der Waals surface area contributed by atoms with Crippen LogP contribution in [0.15, 0.2) is 42.6 Å². The van der Waals surface area contributed by atoms with Gasteiger partial charge in [0.1, 0.15) is 0 Å². The molecular formula is C15H12ClN3O2. The Hall–Kier alpha value is -2.40. The van der Waals surface area contributed by atoms with Gasteiger partial charge in [0.2, 0.25) is 0 Å². The van der Waals surface area contributed by atoms with Crippen molar-refractivity contribution in [3.8, 4) is 0 Å². The van der Waals surface area contributed by atoms with Gasteiger partial charge >= 0.3 is 0 Å². The summed E-state index contributed by atoms with van der Waals surface area (Å²) in [6.07, 6.45) is 1.61. The predicted octanol–water partition coefficient (Wildman–Crippen LogP) is 3.95. The van der Waals surface area contributed by atoms with E-state index in [2.05, 4.69) is 9.55 Å². The van der Waals surface area contributed by atoms with Gasteiger partial charge in [-0.15, -0.1) is 0 Å². The third-order valence-corrected chi connectivity index (χ3v) is 3.64. The number of hydrogen-bond donors (Lipinski definition) is 0. The quantitative estimate of drug-likeness (QED) is 0.543. The zero-order chi connectivity index (χ0) is 15.0. The van der Waals surface area contributed by atoms with Crippen molar-refractivity contribution in [3.05, 3.63) is 69.1 Å². The lowest BCUT2D eigenvalue weighted by Gasteiger charge is -2.07. The maximum Gasteiger partial charge on any atom is 0.270 e. The summed E-state index contributed by atoms with van der Waals surface area (Å²) >= 11 is 5.83. The maximum absolute atomic E-state index is 10.8. The molecule has 0 saturated carbocycles. The van der Waals surface area contributed by atoms with Crippen LogP contribution in [0.2, 0.25) is 5.02 Å². The summed E-state index contributed by atoms with van der Waals surface area (Å²) in [5.41, 5.74) is 2.97. The van der Waals surface area contributed by atoms with E-state index in [1.165, 1.54) is 6.07 Å². The van der Waals surface area contributed by atoms with Crippen LogP contribution in [0.25, 0.3) is 10.9 Å². The van der Waals surface area contributed by atoms with Gasteiger partial charge in [-0.1, -0.05) is 11.6 Å². The van der Waals surface area contributed by atoms with E-state index in [1.54, 1.807) is 24.4 Å². The molecule has 1 aromatic carbocycles. The zero-order valence-corrected chi connectivity index (χ0v) is 12.0. The molecule has 0 spiro atoms. The first-order valence-electron chi connectivity index (χ1n) is 6.39. The number of pyridine rings is 1. The SMILES string of the molecule is Cc1cc2cc([N+](=O)[O-])ccc2n1Cc1ccc(Cl)cn1. The molecule has 0 atom stereocenters. The highest BCUT2D eigenvalue weighted by atomic mass is 35.5. The fraction of sp³-hybridized carbons (Fsp3) is 0.133. The van der Waals surface area contributed by atoms with Gasteiger partial charge in [0.25, 0.3) is 5.69 Å². The van der Waals surface area contributed by atoms with Gasteiger partial charge in [0.05, 0.1) is 22.2 Å². The van der Waals surface area contributed by atoms with Gasteiger partial charge in [-0.25, -0.2) is 0 Å². The molecular weight excluding hydrogens is 290 g/mol. The summed E-state index contributed by atoms with van der Waals surface area (Å²) in [7, 11) is 0. The van der Waals surface area contributed by atoms with Gasteiger partial charge in [0.15, 0.2) is 0 Å². The van der Waals surface area contributed by atoms with Crippen molar-refractivity contribution in [2.45, 2.75) is 13.5 Å². The summed E-state index contributed by atoms with van der Waals surface area (Å²) in [6.45, 7) is 2.58. The Morgan fingerprint density at radius 2 is 2.10 bits per heavy atom. The average Bonchev–Trinajstić information content (AvgIpc) is 2.76. The lowest BCUT2D eigenvalue weighted by atomic mass is 10.2. The second kappa shape index (κ2) is 5.18. The third-order valence-electron chi connectivity index (χ3n) is 3.41. The van der Waals surface area contributed by atoms with Crippen LogP contribution >= 0.6 is 11.6 Å². The summed E-state index contributed by atoms with van der Waals surface area (Å²) < 4.78 is 2.08. The first kappa shape index (κ1) is 13.6. The minimum atomic E-state index is -0.382. The average molecular weight is 302 g/mol. The lowest BCUT2D eigenvalue weighted by molar-refractivity contribution is -0.384. The fourth-order valence-corrected chi connectivity index (χ4v) is 2.49. The van der Waals surface area contributed by atoms with Crippen LogP contribution in [0.5, 0.6) is 0 Å². The number of hydrogen-bond acceptors (Lipinski definition) is 3. The van der Waals surface area contributed by atoms with Crippen molar-refractivity contribution in [3.63, 3.8) is 0 Å². The topological polar surface area (TPSA) is 61.0 Å². The molecule has 0 bridgehead atoms. The number of nitrogens with zero attached hydrogens (tertiary/aromatic N) is 3. The number of nitro groups is 1. The summed E-state index contributed by atoms with van der Waals surface area (Å²) in [5.74, 6) is 0. The van der Waals surface area contributed by atoms with E-state index in [-0.39, 0.29) is 10.6 Å². The first-order valence-corrected chi connectivity index (χ1v) is 6.77. The van der Waals surface area contributed by atoms with Crippen molar-refractivity contribution in [1.29, 1.82) is 0 Å². The summed E-state index contributed by atoms with van der Waals surface area (Å²) in [6, 6.07) is 10.5. The maximum atomic E-state index is 10.8. The van der Waals surface area contributed by atoms with Gasteiger partial charge in [-0.05, 0) is 31.2 Å². The Balaban J connectivity index is 2.04. The summed E-state index contributed by atoms with van der Waals surface area (Å²) in [4.78, 5) is 14.7. The molecule has 0 N–H and O–H groups in total. The summed E-state index contributed by atoms with van der Waals surface area (Å²) in [5, 5.41) is 12.3. The number of benzene rings is 1. The van der Waals surface area contributed by atoms with Crippen molar-refractivity contribution < 1.29 is 4.92 Å². The number of halogens is 1. The highest BCUT2D eigenvalue weighted by Gasteiger charge is 2.11. The van der Waals surface area contributed by atoms with E-state index in [0.717, 1.165) is 22.3 Å². The molecule has 2 aromatic heterocycles. The van der Waals surface area contributed by atoms with E-state index < -0.39 is 0 Å². The van der Waals surface area contributed by atoms with E-state index in [1.807, 2.05) is 19.1 Å². The molecule has 0 radical (unpaired) electrons. The zero-order valence-electron chi connectivity index (χ0n) is 11.3. The standard InChI is InChI=1S/C15H12ClN3O2/c1-10-6-11-7-14(19(20)21)4-5-15(11)18(10)9-13-3-2-12(16)8-17-13/h2-8H,9H2,1H3. The van der Waals surface area contributed by atoms with Crippen LogP contribution < -0.4 is 0 Å². The Morgan fingerprint density at radius 1 is 1.29 bits per heavy atom. The molecule has 0 fully saturated rings. The monoisotopic (exact) mass is 301 g/mol. The number of non-ortho nitro benzene ring substituents is 1. The van der Waals surface area contributed by atoms with Crippen molar-refractivity contribution in [1.82, 2.24) is 9.55 Å². The molecule has 0 aliphatic heterocycles. The van der Waals surface area contributed by atoms with Crippen LogP contribution in [0.4, 0.5) is 5.69 Å². The Labute approximate surface area is 125 Å². The second-order valence-corrected chi connectivity index (χ2v) is 5.28. The Kier molecular flexibility index (Phi) is 3.35. The molecule has 2 heterocycles. The number of aryl methyl sites for hydroxylation is 1. The van der Waals surface area contributed by atoms with Gasteiger partial charge in [-0.2, -0.15) is 0 Å². The van der Waals surface area contributed by atoms with Crippen LogP contribution in [0.1, 0.15) is 11.4 Å². The van der Waals surface area contributed by atoms with E-state index in [0.29, 0.717) is 11.6 Å². The first-order chi connectivity index (χ1) is 10.0. The minimum Gasteiger partial charge on any atom is -0.339 e. The van der Waals surface area contributed by atoms with Crippen molar-refractivity contribution in [2.75, 3.05) is 0 Å². The van der Waals surface area contributed by atoms with E-state index in [4.69, 9.17) is 11.6 Å². The largest absolute Gasteiger partial charge is 0.339 e. The normalized spacial score (nSPS) is 11.0. The molecule has 21 heavy (non-hydrogen) atoms. The Morgan fingerprint density at radius 3 is 2.76 bits per heavy atom. The minimum absolute atomic E-state index is 0.101. The number of fused-ring (bicyclic) bond motifs is 1. The Bertz CT molecular complexity index is 825. The van der Waals surface area contributed by atoms with Crippen LogP contribution in [-0.2, 0) is 6.54 Å². The number of rotatable bonds is 3. The predicted molar refractivity (Wildman–Crippen MR) is 81.7 cm³/mol. The molecule has 3 rings (SSSR count). The molecule has 0 aliphatic carbocycles. The van der Waals surface area contributed by atoms with Crippen LogP contribution in [0, 0.1) is 17.0 Å². The molecule has 3 aromatic rings. The second-order valence-electron chi connectivity index (χ2n) is 4.84. The molecule has 6 heteroatoms. The van der Waals surface area contributed by atoms with E-state index >= 15 is 0 Å². The van der Waals surface area contributed by atoms with Gasteiger partial charge in [-0.3, -0.25) is 15.1 Å². The smallest absolute Gasteiger partial charge is 0.270 e. The van der Waals surface area contributed by atoms with Crippen molar-refractivity contribution in [2.24, 2.45) is 0 Å². The lowest BCUT2D eigenvalue weighted by Crippen LogP contribution is -2.03. The molecule has 0 unspecified atom stereocenters. The number of aromatic nitrogens is 2. The molecule has 0 aliphatic rings. The van der Waals surface area contributed by atoms with E-state index in [9.17, 15) is 10.1 Å². The molecule has 106 valence electrons. The molecule has 0 amide bonds. The van der Waals surface area contributed by atoms with Crippen molar-refractivity contribution >= 4 is 28.2 Å². The fourth-order valence-electron chi connectivity index (χ4n) is 2.38. The molecule has 5 nitrogen and oxygen atoms in total. The highest BCUT2D eigenvalue weighted by Crippen LogP contribution is 2.25. The highest BCUT2D eigenvalue weighted by molar-refractivity contribution is 6.30. The van der Waals surface area contributed by atoms with Gasteiger partial charge < -0.3 is 4.57 Å². The number of nitro benzene ring substituents is 1. The third kappa shape index (κ3) is 2.60. The van der Waals surface area contributed by atoms with Gasteiger partial charge in [0, 0.05) is 34.9 Å². The molecule has 0 saturated heterocycles. The van der Waals surface area contributed by atoms with Crippen LogP contribution in [-0.4, -0.2) is 14.5 Å².